The summed E-state index contributed by atoms with van der Waals surface area (Å²) in [6.07, 6.45) is 0.721. The molecule has 1 aromatic carbocycles. The first-order chi connectivity index (χ1) is 9.60. The summed E-state index contributed by atoms with van der Waals surface area (Å²) < 4.78 is 5.19. The average molecular weight is 278 g/mol. The Hall–Kier alpha value is -1.92. The summed E-state index contributed by atoms with van der Waals surface area (Å²) in [5, 5.41) is 14.8. The summed E-state index contributed by atoms with van der Waals surface area (Å²) in [4.78, 5) is 22.8. The van der Waals surface area contributed by atoms with E-state index in [1.54, 1.807) is 25.3 Å². The van der Waals surface area contributed by atoms with Crippen molar-refractivity contribution in [3.8, 4) is 0 Å². The Labute approximate surface area is 117 Å². The van der Waals surface area contributed by atoms with Gasteiger partial charge in [0, 0.05) is 20.2 Å². The molecular formula is C14H18N2O4. The maximum atomic E-state index is 12.0. The van der Waals surface area contributed by atoms with E-state index >= 15 is 0 Å². The summed E-state index contributed by atoms with van der Waals surface area (Å²) in [6.45, 7) is 0.985. The van der Waals surface area contributed by atoms with E-state index in [0.717, 1.165) is 5.56 Å². The van der Waals surface area contributed by atoms with E-state index in [1.165, 1.54) is 6.07 Å². The number of methoxy groups -OCH3 is 1. The van der Waals surface area contributed by atoms with Gasteiger partial charge in [0.25, 0.3) is 0 Å². The summed E-state index contributed by atoms with van der Waals surface area (Å²) in [5.74, 6) is -1.07. The number of benzene rings is 1. The van der Waals surface area contributed by atoms with E-state index in [-0.39, 0.29) is 23.6 Å². The summed E-state index contributed by atoms with van der Waals surface area (Å²) in [6, 6.07) is 6.28. The van der Waals surface area contributed by atoms with E-state index in [1.807, 2.05) is 0 Å². The minimum atomic E-state index is -0.974. The Morgan fingerprint density at radius 2 is 2.30 bits per heavy atom. The van der Waals surface area contributed by atoms with Crippen molar-refractivity contribution in [3.63, 3.8) is 0 Å². The molecule has 0 radical (unpaired) electrons. The Morgan fingerprint density at radius 1 is 1.50 bits per heavy atom. The highest BCUT2D eigenvalue weighted by molar-refractivity contribution is 5.87. The molecule has 1 amide bonds. The van der Waals surface area contributed by atoms with Crippen molar-refractivity contribution in [1.82, 2.24) is 10.6 Å². The van der Waals surface area contributed by atoms with Gasteiger partial charge in [0.15, 0.2) is 0 Å². The van der Waals surface area contributed by atoms with E-state index in [9.17, 15) is 9.59 Å². The van der Waals surface area contributed by atoms with Gasteiger partial charge in [0.05, 0.1) is 17.7 Å². The molecule has 20 heavy (non-hydrogen) atoms. The smallest absolute Gasteiger partial charge is 0.335 e. The van der Waals surface area contributed by atoms with Crippen LogP contribution in [-0.4, -0.2) is 42.8 Å². The third kappa shape index (κ3) is 3.55. The topological polar surface area (TPSA) is 87.7 Å². The van der Waals surface area contributed by atoms with Gasteiger partial charge in [0.2, 0.25) is 5.91 Å². The molecule has 108 valence electrons. The highest BCUT2D eigenvalue weighted by Crippen LogP contribution is 2.10. The van der Waals surface area contributed by atoms with Gasteiger partial charge < -0.3 is 20.5 Å². The van der Waals surface area contributed by atoms with Crippen LogP contribution in [0, 0.1) is 0 Å². The van der Waals surface area contributed by atoms with Gasteiger partial charge in [-0.3, -0.25) is 4.79 Å². The second-order valence-corrected chi connectivity index (χ2v) is 4.78. The number of hydrogen-bond donors (Lipinski definition) is 3. The van der Waals surface area contributed by atoms with E-state index in [4.69, 9.17) is 9.84 Å². The van der Waals surface area contributed by atoms with Crippen molar-refractivity contribution in [2.45, 2.75) is 25.1 Å². The molecule has 2 rings (SSSR count). The average Bonchev–Trinajstić information content (AvgIpc) is 2.94. The molecule has 0 aliphatic carbocycles. The molecule has 1 aliphatic rings. The number of carbonyl (C=O) groups excluding carboxylic acids is 1. The van der Waals surface area contributed by atoms with Crippen molar-refractivity contribution < 1.29 is 19.4 Å². The molecule has 1 aliphatic heterocycles. The zero-order valence-electron chi connectivity index (χ0n) is 11.3. The first-order valence-corrected chi connectivity index (χ1v) is 6.46. The second-order valence-electron chi connectivity index (χ2n) is 4.78. The number of carboxylic acids is 1. The molecule has 6 nitrogen and oxygen atoms in total. The van der Waals surface area contributed by atoms with Gasteiger partial charge in [-0.05, 0) is 24.1 Å². The zero-order valence-corrected chi connectivity index (χ0v) is 11.3. The molecule has 1 saturated heterocycles. The van der Waals surface area contributed by atoms with Crippen LogP contribution in [0.4, 0.5) is 0 Å². The summed E-state index contributed by atoms with van der Waals surface area (Å²) in [7, 11) is 1.63. The number of carboxylic acid groups (broad SMARTS) is 1. The Kier molecular flexibility index (Phi) is 4.70. The van der Waals surface area contributed by atoms with Gasteiger partial charge in [0.1, 0.15) is 0 Å². The molecule has 1 heterocycles. The van der Waals surface area contributed by atoms with Gasteiger partial charge in [-0.15, -0.1) is 0 Å². The van der Waals surface area contributed by atoms with E-state index in [0.29, 0.717) is 19.5 Å². The van der Waals surface area contributed by atoms with Gasteiger partial charge >= 0.3 is 5.97 Å². The number of amides is 1. The molecule has 1 aromatic rings. The highest BCUT2D eigenvalue weighted by Gasteiger charge is 2.28. The fourth-order valence-electron chi connectivity index (χ4n) is 2.21. The van der Waals surface area contributed by atoms with Gasteiger partial charge in [-0.25, -0.2) is 4.79 Å². The molecule has 2 atom stereocenters. The Bertz CT molecular complexity index is 504. The van der Waals surface area contributed by atoms with Gasteiger partial charge in [-0.1, -0.05) is 12.1 Å². The number of nitrogens with one attached hydrogen (secondary N) is 2. The lowest BCUT2D eigenvalue weighted by atomic mass is 10.1. The molecule has 2 unspecified atom stereocenters. The largest absolute Gasteiger partial charge is 0.478 e. The second kappa shape index (κ2) is 6.49. The van der Waals surface area contributed by atoms with Crippen LogP contribution in [0.15, 0.2) is 24.3 Å². The van der Waals surface area contributed by atoms with Crippen LogP contribution in [0.25, 0.3) is 0 Å². The van der Waals surface area contributed by atoms with E-state index in [2.05, 4.69) is 10.6 Å². The molecule has 1 fully saturated rings. The minimum absolute atomic E-state index is 0.0705. The zero-order chi connectivity index (χ0) is 14.5. The lowest BCUT2D eigenvalue weighted by Gasteiger charge is -2.11. The molecule has 0 saturated carbocycles. The molecule has 6 heteroatoms. The SMILES string of the molecule is COC1CNC(C(=O)NCc2cccc(C(=O)O)c2)C1. The fourth-order valence-corrected chi connectivity index (χ4v) is 2.21. The van der Waals surface area contributed by atoms with Crippen molar-refractivity contribution in [2.24, 2.45) is 0 Å². The number of aromatic carboxylic acids is 1. The first-order valence-electron chi connectivity index (χ1n) is 6.46. The predicted octanol–water partition coefficient (Wildman–Crippen LogP) is 0.378. The molecule has 0 bridgehead atoms. The van der Waals surface area contributed by atoms with Crippen LogP contribution in [-0.2, 0) is 16.1 Å². The molecule has 0 aromatic heterocycles. The molecular weight excluding hydrogens is 260 g/mol. The van der Waals surface area contributed by atoms with Crippen LogP contribution in [0.1, 0.15) is 22.3 Å². The van der Waals surface area contributed by atoms with Crippen molar-refractivity contribution in [1.29, 1.82) is 0 Å². The third-order valence-electron chi connectivity index (χ3n) is 3.38. The third-order valence-corrected chi connectivity index (χ3v) is 3.38. The maximum Gasteiger partial charge on any atom is 0.335 e. The molecule has 0 spiro atoms. The van der Waals surface area contributed by atoms with Crippen LogP contribution < -0.4 is 10.6 Å². The maximum absolute atomic E-state index is 12.0. The summed E-state index contributed by atoms with van der Waals surface area (Å²) >= 11 is 0. The number of rotatable bonds is 5. The standard InChI is InChI=1S/C14H18N2O4/c1-20-11-6-12(15-8-11)13(17)16-7-9-3-2-4-10(5-9)14(18)19/h2-5,11-12,15H,6-8H2,1H3,(H,16,17)(H,18,19). The quantitative estimate of drug-likeness (QED) is 0.724. The van der Waals surface area contributed by atoms with E-state index < -0.39 is 5.97 Å². The van der Waals surface area contributed by atoms with Crippen LogP contribution in [0.3, 0.4) is 0 Å². The van der Waals surface area contributed by atoms with Crippen LogP contribution >= 0.6 is 0 Å². The lowest BCUT2D eigenvalue weighted by molar-refractivity contribution is -0.123. The fraction of sp³-hybridized carbons (Fsp3) is 0.429. The summed E-state index contributed by atoms with van der Waals surface area (Å²) in [5.41, 5.74) is 0.981. The number of ether oxygens (including phenoxy) is 1. The van der Waals surface area contributed by atoms with Crippen molar-refractivity contribution in [3.05, 3.63) is 35.4 Å². The molecule has 3 N–H and O–H groups in total. The van der Waals surface area contributed by atoms with Crippen molar-refractivity contribution >= 4 is 11.9 Å². The normalized spacial score (nSPS) is 21.6. The van der Waals surface area contributed by atoms with Gasteiger partial charge in [-0.2, -0.15) is 0 Å². The van der Waals surface area contributed by atoms with Crippen LogP contribution in [0.5, 0.6) is 0 Å². The monoisotopic (exact) mass is 278 g/mol. The Balaban J connectivity index is 1.87. The predicted molar refractivity (Wildman–Crippen MR) is 72.5 cm³/mol. The number of carbonyl (C=O) groups is 2. The highest BCUT2D eigenvalue weighted by atomic mass is 16.5. The Morgan fingerprint density at radius 3 is 2.95 bits per heavy atom. The minimum Gasteiger partial charge on any atom is -0.478 e. The number of hydrogen-bond acceptors (Lipinski definition) is 4. The van der Waals surface area contributed by atoms with Crippen molar-refractivity contribution in [2.75, 3.05) is 13.7 Å². The lowest BCUT2D eigenvalue weighted by Crippen LogP contribution is -2.40. The van der Waals surface area contributed by atoms with Crippen LogP contribution in [0.2, 0.25) is 0 Å². The first kappa shape index (κ1) is 14.5.